The highest BCUT2D eigenvalue weighted by Gasteiger charge is 2.34. The Balaban J connectivity index is 1.43. The normalized spacial score (nSPS) is 16.0. The first-order chi connectivity index (χ1) is 15.3. The predicted octanol–water partition coefficient (Wildman–Crippen LogP) is 5.56. The van der Waals surface area contributed by atoms with Crippen LogP contribution in [0, 0.1) is 11.3 Å². The summed E-state index contributed by atoms with van der Waals surface area (Å²) in [7, 11) is 1.52. The summed E-state index contributed by atoms with van der Waals surface area (Å²) in [5.41, 5.74) is 1.93. The molecule has 0 spiro atoms. The number of aromatic nitrogens is 4. The number of benzene rings is 1. The van der Waals surface area contributed by atoms with Gasteiger partial charge in [-0.25, -0.2) is 4.98 Å². The van der Waals surface area contributed by atoms with Gasteiger partial charge in [0.05, 0.1) is 11.5 Å². The summed E-state index contributed by atoms with van der Waals surface area (Å²) in [5.74, 6) is 0.998. The van der Waals surface area contributed by atoms with Crippen molar-refractivity contribution in [2.45, 2.75) is 31.4 Å². The van der Waals surface area contributed by atoms with Crippen LogP contribution in [-0.4, -0.2) is 19.7 Å². The highest BCUT2D eigenvalue weighted by molar-refractivity contribution is 7.10. The molecule has 32 heavy (non-hydrogen) atoms. The standard InChI is InChI=1S/C22H16F3N5OS/c1-30-10-17(22(23,24)25)27-20(30)12-5-7-13(8-6-12)21-28-19(29-31-21)15-3-2-4-16-18(15)14(9-26)11-32-16/h5-8,10-11,15H,2-4H2,1H3. The number of hydrogen-bond donors (Lipinski definition) is 0. The lowest BCUT2D eigenvalue weighted by Crippen LogP contribution is -2.11. The fourth-order valence-corrected chi connectivity index (χ4v) is 5.15. The first-order valence-corrected chi connectivity index (χ1v) is 10.8. The third-order valence-electron chi connectivity index (χ3n) is 5.59. The van der Waals surface area contributed by atoms with Gasteiger partial charge in [-0.3, -0.25) is 0 Å². The van der Waals surface area contributed by atoms with Gasteiger partial charge in [-0.2, -0.15) is 23.4 Å². The van der Waals surface area contributed by atoms with Crippen molar-refractivity contribution in [1.29, 1.82) is 5.26 Å². The number of alkyl halides is 3. The summed E-state index contributed by atoms with van der Waals surface area (Å²) in [5, 5.41) is 15.5. The number of nitrogens with zero attached hydrogens (tertiary/aromatic N) is 5. The van der Waals surface area contributed by atoms with Crippen molar-refractivity contribution in [2.24, 2.45) is 7.05 Å². The molecule has 0 radical (unpaired) electrons. The van der Waals surface area contributed by atoms with Crippen LogP contribution in [0.25, 0.3) is 22.8 Å². The smallest absolute Gasteiger partial charge is 0.334 e. The maximum atomic E-state index is 12.9. The Morgan fingerprint density at radius 2 is 1.94 bits per heavy atom. The van der Waals surface area contributed by atoms with Gasteiger partial charge in [0.25, 0.3) is 5.89 Å². The van der Waals surface area contributed by atoms with Gasteiger partial charge in [0.2, 0.25) is 0 Å². The average Bonchev–Trinajstić information content (AvgIpc) is 3.51. The van der Waals surface area contributed by atoms with Crippen LogP contribution in [0.4, 0.5) is 13.2 Å². The number of halogens is 3. The highest BCUT2D eigenvalue weighted by atomic mass is 32.1. The van der Waals surface area contributed by atoms with Crippen LogP contribution in [0.3, 0.4) is 0 Å². The summed E-state index contributed by atoms with van der Waals surface area (Å²) in [6.07, 6.45) is -0.745. The molecule has 162 valence electrons. The van der Waals surface area contributed by atoms with E-state index in [-0.39, 0.29) is 11.7 Å². The van der Waals surface area contributed by atoms with Gasteiger partial charge in [0.15, 0.2) is 11.5 Å². The molecule has 5 rings (SSSR count). The van der Waals surface area contributed by atoms with Crippen molar-refractivity contribution in [3.8, 4) is 28.9 Å². The molecular formula is C22H16F3N5OS. The van der Waals surface area contributed by atoms with Gasteiger partial charge < -0.3 is 9.09 Å². The molecule has 0 saturated carbocycles. The van der Waals surface area contributed by atoms with Gasteiger partial charge in [0, 0.05) is 34.6 Å². The lowest BCUT2D eigenvalue weighted by atomic mass is 9.85. The maximum absolute atomic E-state index is 12.9. The molecule has 0 saturated heterocycles. The van der Waals surface area contributed by atoms with Crippen LogP contribution in [0.2, 0.25) is 0 Å². The third-order valence-corrected chi connectivity index (χ3v) is 6.65. The van der Waals surface area contributed by atoms with Gasteiger partial charge in [0.1, 0.15) is 11.9 Å². The van der Waals surface area contributed by atoms with Crippen LogP contribution in [0.1, 0.15) is 46.3 Å². The molecule has 6 nitrogen and oxygen atoms in total. The van der Waals surface area contributed by atoms with Crippen LogP contribution >= 0.6 is 11.3 Å². The largest absolute Gasteiger partial charge is 0.434 e. The molecule has 1 aliphatic carbocycles. The van der Waals surface area contributed by atoms with Gasteiger partial charge in [-0.05, 0) is 37.0 Å². The Morgan fingerprint density at radius 3 is 2.62 bits per heavy atom. The van der Waals surface area contributed by atoms with Gasteiger partial charge in [-0.1, -0.05) is 17.3 Å². The highest BCUT2D eigenvalue weighted by Crippen LogP contribution is 2.41. The van der Waals surface area contributed by atoms with E-state index in [4.69, 9.17) is 4.52 Å². The Bertz CT molecular complexity index is 1330. The van der Waals surface area contributed by atoms with Crippen molar-refractivity contribution in [3.63, 3.8) is 0 Å². The van der Waals surface area contributed by atoms with Crippen LogP contribution in [0.5, 0.6) is 0 Å². The zero-order valence-corrected chi connectivity index (χ0v) is 17.7. The van der Waals surface area contributed by atoms with E-state index in [1.165, 1.54) is 16.5 Å². The number of fused-ring (bicyclic) bond motifs is 1. The SMILES string of the molecule is Cn1cc(C(F)(F)F)nc1-c1ccc(-c2nc(C3CCCc4scc(C#N)c43)no2)cc1. The van der Waals surface area contributed by atoms with E-state index < -0.39 is 11.9 Å². The Morgan fingerprint density at radius 1 is 1.19 bits per heavy atom. The molecule has 0 amide bonds. The number of thiophene rings is 1. The van der Waals surface area contributed by atoms with Crippen molar-refractivity contribution in [2.75, 3.05) is 0 Å². The minimum absolute atomic E-state index is 0.0789. The van der Waals surface area contributed by atoms with E-state index in [1.807, 2.05) is 5.38 Å². The molecule has 0 aliphatic heterocycles. The molecule has 0 N–H and O–H groups in total. The molecule has 1 unspecified atom stereocenters. The van der Waals surface area contributed by atoms with E-state index >= 15 is 0 Å². The molecule has 1 aliphatic rings. The zero-order valence-electron chi connectivity index (χ0n) is 16.8. The first kappa shape index (κ1) is 20.5. The molecule has 3 aromatic heterocycles. The number of hydrogen-bond acceptors (Lipinski definition) is 6. The zero-order chi connectivity index (χ0) is 22.5. The molecule has 0 fully saturated rings. The van der Waals surface area contributed by atoms with Crippen LogP contribution < -0.4 is 0 Å². The van der Waals surface area contributed by atoms with E-state index in [0.717, 1.165) is 31.0 Å². The average molecular weight is 455 g/mol. The monoisotopic (exact) mass is 455 g/mol. The number of rotatable bonds is 3. The minimum Gasteiger partial charge on any atom is -0.334 e. The lowest BCUT2D eigenvalue weighted by molar-refractivity contribution is -0.140. The summed E-state index contributed by atoms with van der Waals surface area (Å²) < 4.78 is 45.6. The second-order valence-electron chi connectivity index (χ2n) is 7.64. The summed E-state index contributed by atoms with van der Waals surface area (Å²) >= 11 is 1.60. The van der Waals surface area contributed by atoms with Crippen LogP contribution in [-0.2, 0) is 19.6 Å². The molecular weight excluding hydrogens is 439 g/mol. The van der Waals surface area contributed by atoms with Crippen molar-refractivity contribution >= 4 is 11.3 Å². The predicted molar refractivity (Wildman–Crippen MR) is 111 cm³/mol. The maximum Gasteiger partial charge on any atom is 0.434 e. The second-order valence-corrected chi connectivity index (χ2v) is 8.60. The summed E-state index contributed by atoms with van der Waals surface area (Å²) in [6.45, 7) is 0. The fourth-order valence-electron chi connectivity index (χ4n) is 4.07. The van der Waals surface area contributed by atoms with Gasteiger partial charge in [-0.15, -0.1) is 11.3 Å². The van der Waals surface area contributed by atoms with Crippen molar-refractivity contribution in [3.05, 3.63) is 63.4 Å². The third kappa shape index (κ3) is 3.48. The summed E-state index contributed by atoms with van der Waals surface area (Å²) in [6, 6.07) is 9.03. The van der Waals surface area contributed by atoms with E-state index in [0.29, 0.717) is 28.4 Å². The second kappa shape index (κ2) is 7.60. The van der Waals surface area contributed by atoms with E-state index in [1.54, 1.807) is 35.6 Å². The first-order valence-electron chi connectivity index (χ1n) is 9.90. The van der Waals surface area contributed by atoms with Crippen molar-refractivity contribution < 1.29 is 17.7 Å². The minimum atomic E-state index is -4.50. The van der Waals surface area contributed by atoms with Gasteiger partial charge >= 0.3 is 6.18 Å². The number of aryl methyl sites for hydroxylation is 2. The van der Waals surface area contributed by atoms with E-state index in [9.17, 15) is 18.4 Å². The Hall–Kier alpha value is -3.45. The van der Waals surface area contributed by atoms with Crippen LogP contribution in [0.15, 0.2) is 40.4 Å². The lowest BCUT2D eigenvalue weighted by Gasteiger charge is -2.19. The number of nitriles is 1. The molecule has 4 aromatic rings. The molecule has 0 bridgehead atoms. The van der Waals surface area contributed by atoms with Crippen molar-refractivity contribution in [1.82, 2.24) is 19.7 Å². The molecule has 10 heteroatoms. The topological polar surface area (TPSA) is 80.5 Å². The Labute approximate surface area is 185 Å². The van der Waals surface area contributed by atoms with E-state index in [2.05, 4.69) is 21.2 Å². The summed E-state index contributed by atoms with van der Waals surface area (Å²) in [4.78, 5) is 9.47. The molecule has 3 heterocycles. The quantitative estimate of drug-likeness (QED) is 0.404. The Kier molecular flexibility index (Phi) is 4.86. The number of imidazole rings is 1. The molecule has 1 atom stereocenters. The molecule has 1 aromatic carbocycles. The fraction of sp³-hybridized carbons (Fsp3) is 0.273.